The number of hydrogen-bond donors (Lipinski definition) is 0. The Labute approximate surface area is 92.6 Å². The molecule has 0 atom stereocenters. The van der Waals surface area contributed by atoms with Gasteiger partial charge < -0.3 is 0 Å². The zero-order valence-corrected chi connectivity index (χ0v) is 5.96. The summed E-state index contributed by atoms with van der Waals surface area (Å²) in [6.45, 7) is 4.41. The number of hydrogen-bond acceptors (Lipinski definition) is 0. The maximum atomic E-state index is 2.20. The van der Waals surface area contributed by atoms with Gasteiger partial charge in [0.05, 0.1) is 0 Å². The Kier molecular flexibility index (Phi) is 5.42. The van der Waals surface area contributed by atoms with Crippen molar-refractivity contribution >= 4 is 37.7 Å². The molecule has 0 aliphatic heterocycles. The molecule has 0 amide bonds. The molecule has 0 aliphatic carbocycles. The molecule has 1 aromatic carbocycles. The molecule has 10 heavy (non-hydrogen) atoms. The molecule has 0 saturated heterocycles. The first-order valence-electron chi connectivity index (χ1n) is 3.35. The molecule has 1 aromatic rings. The second kappa shape index (κ2) is 5.17. The summed E-state index contributed by atoms with van der Waals surface area (Å²) < 4.78 is 0. The summed E-state index contributed by atoms with van der Waals surface area (Å²) in [5.41, 5.74) is 1.41. The van der Waals surface area contributed by atoms with Crippen LogP contribution < -0.4 is 0 Å². The van der Waals surface area contributed by atoms with E-state index in [1.165, 1.54) is 5.56 Å². The van der Waals surface area contributed by atoms with Crippen LogP contribution in [0.5, 0.6) is 0 Å². The van der Waals surface area contributed by atoms with Crippen molar-refractivity contribution in [1.29, 1.82) is 0 Å². The molecule has 1 rings (SSSR count). The fourth-order valence-electron chi connectivity index (χ4n) is 0.838. The van der Waals surface area contributed by atoms with E-state index in [1.54, 1.807) is 0 Å². The van der Waals surface area contributed by atoms with Crippen molar-refractivity contribution in [3.8, 4) is 0 Å². The molecular formula is C9H14Ca. The fourth-order valence-corrected chi connectivity index (χ4v) is 0.838. The van der Waals surface area contributed by atoms with Gasteiger partial charge in [0.25, 0.3) is 0 Å². The van der Waals surface area contributed by atoms with Crippen molar-refractivity contribution in [3.05, 3.63) is 35.9 Å². The first-order chi connectivity index (χ1) is 4.30. The van der Waals surface area contributed by atoms with Crippen LogP contribution in [0.15, 0.2) is 30.3 Å². The van der Waals surface area contributed by atoms with Gasteiger partial charge in [-0.25, -0.2) is 0 Å². The monoisotopic (exact) mass is 162 g/mol. The van der Waals surface area contributed by atoms with Gasteiger partial charge >= 0.3 is 37.7 Å². The molecule has 0 nitrogen and oxygen atoms in total. The first-order valence-corrected chi connectivity index (χ1v) is 3.35. The molecule has 1 heteroatoms. The number of benzene rings is 1. The van der Waals surface area contributed by atoms with Crippen molar-refractivity contribution < 1.29 is 0 Å². The third kappa shape index (κ3) is 3.05. The van der Waals surface area contributed by atoms with Crippen molar-refractivity contribution in [1.82, 2.24) is 0 Å². The van der Waals surface area contributed by atoms with E-state index in [-0.39, 0.29) is 37.7 Å². The van der Waals surface area contributed by atoms with Gasteiger partial charge in [-0.15, -0.1) is 0 Å². The molecule has 0 N–H and O–H groups in total. The molecule has 0 heterocycles. The van der Waals surface area contributed by atoms with Gasteiger partial charge in [-0.05, 0) is 11.5 Å². The van der Waals surface area contributed by atoms with Gasteiger partial charge in [0.1, 0.15) is 0 Å². The van der Waals surface area contributed by atoms with Crippen LogP contribution in [0.3, 0.4) is 0 Å². The van der Waals surface area contributed by atoms with Gasteiger partial charge in [0, 0.05) is 0 Å². The first kappa shape index (κ1) is 10.5. The Bertz CT molecular complexity index is 167. The van der Waals surface area contributed by atoms with Crippen molar-refractivity contribution in [3.63, 3.8) is 0 Å². The molecular weight excluding hydrogens is 148 g/mol. The summed E-state index contributed by atoms with van der Waals surface area (Å²) in [6, 6.07) is 10.5. The predicted molar refractivity (Wildman–Crippen MR) is 49.1 cm³/mol. The molecule has 0 aromatic heterocycles. The van der Waals surface area contributed by atoms with Crippen LogP contribution in [-0.4, -0.2) is 37.7 Å². The van der Waals surface area contributed by atoms with E-state index in [9.17, 15) is 0 Å². The van der Waals surface area contributed by atoms with Gasteiger partial charge in [0.15, 0.2) is 0 Å². The Morgan fingerprint density at radius 1 is 1.00 bits per heavy atom. The minimum atomic E-state index is 0. The predicted octanol–water partition coefficient (Wildman–Crippen LogP) is 1.89. The van der Waals surface area contributed by atoms with E-state index in [0.717, 1.165) is 0 Å². The Balaban J connectivity index is 0.000000810. The van der Waals surface area contributed by atoms with Gasteiger partial charge in [-0.2, -0.15) is 0 Å². The molecule has 0 radical (unpaired) electrons. The normalized spacial score (nSPS) is 9.10. The van der Waals surface area contributed by atoms with Crippen molar-refractivity contribution in [2.45, 2.75) is 19.8 Å². The van der Waals surface area contributed by atoms with Crippen molar-refractivity contribution in [2.75, 3.05) is 0 Å². The van der Waals surface area contributed by atoms with Crippen LogP contribution in [0.4, 0.5) is 0 Å². The minimum absolute atomic E-state index is 0. The Hall–Kier alpha value is 0.480. The standard InChI is InChI=1S/C9H12.Ca.2H/c1-8(2)9-6-4-3-5-7-9;;;/h3-8H,1-2H3;;;. The van der Waals surface area contributed by atoms with Crippen LogP contribution in [0.2, 0.25) is 0 Å². The third-order valence-corrected chi connectivity index (χ3v) is 1.47. The van der Waals surface area contributed by atoms with E-state index in [0.29, 0.717) is 5.92 Å². The Morgan fingerprint density at radius 3 is 1.80 bits per heavy atom. The van der Waals surface area contributed by atoms with E-state index < -0.39 is 0 Å². The third-order valence-electron chi connectivity index (χ3n) is 1.47. The summed E-state index contributed by atoms with van der Waals surface area (Å²) >= 11 is 0. The topological polar surface area (TPSA) is 0 Å². The molecule has 52 valence electrons. The van der Waals surface area contributed by atoms with Crippen LogP contribution in [0.1, 0.15) is 25.3 Å². The second-order valence-electron chi connectivity index (χ2n) is 2.57. The summed E-state index contributed by atoms with van der Waals surface area (Å²) in [7, 11) is 0. The second-order valence-corrected chi connectivity index (χ2v) is 2.57. The molecule has 0 aliphatic rings. The van der Waals surface area contributed by atoms with E-state index >= 15 is 0 Å². The summed E-state index contributed by atoms with van der Waals surface area (Å²) in [5.74, 6) is 0.659. The zero-order chi connectivity index (χ0) is 6.69. The van der Waals surface area contributed by atoms with Crippen molar-refractivity contribution in [2.24, 2.45) is 0 Å². The van der Waals surface area contributed by atoms with Crippen LogP contribution in [0.25, 0.3) is 0 Å². The molecule has 0 fully saturated rings. The number of rotatable bonds is 1. The van der Waals surface area contributed by atoms with Crippen LogP contribution >= 0.6 is 0 Å². The summed E-state index contributed by atoms with van der Waals surface area (Å²) in [4.78, 5) is 0. The van der Waals surface area contributed by atoms with E-state index in [1.807, 2.05) is 6.07 Å². The summed E-state index contributed by atoms with van der Waals surface area (Å²) in [6.07, 6.45) is 0. The van der Waals surface area contributed by atoms with Gasteiger partial charge in [-0.1, -0.05) is 44.2 Å². The summed E-state index contributed by atoms with van der Waals surface area (Å²) in [5, 5.41) is 0. The molecule has 0 unspecified atom stereocenters. The average Bonchev–Trinajstić information content (AvgIpc) is 1.90. The maximum absolute atomic E-state index is 2.20. The van der Waals surface area contributed by atoms with Gasteiger partial charge in [0.2, 0.25) is 0 Å². The van der Waals surface area contributed by atoms with Crippen LogP contribution in [-0.2, 0) is 0 Å². The van der Waals surface area contributed by atoms with Gasteiger partial charge in [-0.3, -0.25) is 0 Å². The quantitative estimate of drug-likeness (QED) is 0.553. The Morgan fingerprint density at radius 2 is 1.50 bits per heavy atom. The van der Waals surface area contributed by atoms with E-state index in [2.05, 4.69) is 38.1 Å². The average molecular weight is 162 g/mol. The molecule has 0 saturated carbocycles. The molecule has 0 spiro atoms. The van der Waals surface area contributed by atoms with E-state index in [4.69, 9.17) is 0 Å². The fraction of sp³-hybridized carbons (Fsp3) is 0.333. The molecule has 0 bridgehead atoms. The SMILES string of the molecule is CC(C)c1ccccc1.[CaH2]. The zero-order valence-electron chi connectivity index (χ0n) is 5.96. The van der Waals surface area contributed by atoms with Crippen LogP contribution in [0, 0.1) is 0 Å².